The fourth-order valence-electron chi connectivity index (χ4n) is 2.13. The van der Waals surface area contributed by atoms with Crippen molar-refractivity contribution < 1.29 is 4.79 Å². The van der Waals surface area contributed by atoms with Crippen LogP contribution >= 0.6 is 0 Å². The van der Waals surface area contributed by atoms with Crippen molar-refractivity contribution in [1.29, 1.82) is 0 Å². The third kappa shape index (κ3) is 1.88. The monoisotopic (exact) mass is 243 g/mol. The van der Waals surface area contributed by atoms with E-state index in [9.17, 15) is 4.79 Å². The van der Waals surface area contributed by atoms with E-state index in [1.54, 1.807) is 0 Å². The van der Waals surface area contributed by atoms with Crippen LogP contribution in [0, 0.1) is 5.92 Å². The van der Waals surface area contributed by atoms with Gasteiger partial charge in [-0.05, 0) is 30.9 Å². The second-order valence-electron chi connectivity index (χ2n) is 5.22. The highest BCUT2D eigenvalue weighted by atomic mass is 16.2. The lowest BCUT2D eigenvalue weighted by molar-refractivity contribution is -0.117. The number of hydrogen-bond acceptors (Lipinski definition) is 2. The highest BCUT2D eigenvalue weighted by Crippen LogP contribution is 2.31. The molecule has 1 saturated carbocycles. The molecule has 1 amide bonds. The van der Waals surface area contributed by atoms with Crippen molar-refractivity contribution in [3.8, 4) is 0 Å². The predicted molar refractivity (Wildman–Crippen MR) is 70.6 cm³/mol. The first-order chi connectivity index (χ1) is 8.66. The van der Waals surface area contributed by atoms with Gasteiger partial charge in [0.15, 0.2) is 5.65 Å². The largest absolute Gasteiger partial charge is 0.323 e. The molecule has 0 aliphatic heterocycles. The summed E-state index contributed by atoms with van der Waals surface area (Å²) in [6.45, 7) is 4.28. The fraction of sp³-hybridized carbons (Fsp3) is 0.429. The van der Waals surface area contributed by atoms with E-state index in [1.807, 2.05) is 28.9 Å². The first kappa shape index (κ1) is 11.3. The number of imidazole rings is 1. The number of nitrogens with one attached hydrogen (secondary N) is 1. The van der Waals surface area contributed by atoms with Crippen LogP contribution in [0.2, 0.25) is 0 Å². The van der Waals surface area contributed by atoms with Gasteiger partial charge in [-0.1, -0.05) is 13.8 Å². The van der Waals surface area contributed by atoms with Crippen molar-refractivity contribution in [2.45, 2.75) is 32.6 Å². The molecule has 18 heavy (non-hydrogen) atoms. The van der Waals surface area contributed by atoms with Crippen molar-refractivity contribution in [1.82, 2.24) is 9.38 Å². The number of fused-ring (bicyclic) bond motifs is 1. The van der Waals surface area contributed by atoms with Crippen LogP contribution in [0.5, 0.6) is 0 Å². The van der Waals surface area contributed by atoms with Crippen molar-refractivity contribution >= 4 is 17.2 Å². The molecule has 1 fully saturated rings. The summed E-state index contributed by atoms with van der Waals surface area (Å²) in [5, 5.41) is 2.98. The van der Waals surface area contributed by atoms with E-state index in [4.69, 9.17) is 0 Å². The molecule has 0 bridgehead atoms. The predicted octanol–water partition coefficient (Wildman–Crippen LogP) is 2.81. The Balaban J connectivity index is 1.99. The molecule has 4 nitrogen and oxygen atoms in total. The Bertz CT molecular complexity index is 596. The van der Waals surface area contributed by atoms with E-state index in [0.717, 1.165) is 29.9 Å². The molecular formula is C14H17N3O. The number of amides is 1. The van der Waals surface area contributed by atoms with Crippen LogP contribution in [0.3, 0.4) is 0 Å². The van der Waals surface area contributed by atoms with Gasteiger partial charge >= 0.3 is 0 Å². The van der Waals surface area contributed by atoms with Crippen LogP contribution in [0.4, 0.5) is 5.69 Å². The average molecular weight is 243 g/mol. The lowest BCUT2D eigenvalue weighted by Gasteiger charge is -2.08. The third-order valence-corrected chi connectivity index (χ3v) is 3.36. The Morgan fingerprint density at radius 3 is 2.94 bits per heavy atom. The van der Waals surface area contributed by atoms with E-state index in [1.165, 1.54) is 0 Å². The topological polar surface area (TPSA) is 46.4 Å². The first-order valence-corrected chi connectivity index (χ1v) is 6.43. The molecule has 94 valence electrons. The second kappa shape index (κ2) is 4.12. The minimum atomic E-state index is 0.122. The summed E-state index contributed by atoms with van der Waals surface area (Å²) in [5.74, 6) is 0.747. The lowest BCUT2D eigenvalue weighted by Crippen LogP contribution is -2.14. The molecule has 0 aromatic carbocycles. The molecule has 1 N–H and O–H groups in total. The molecule has 2 aromatic rings. The van der Waals surface area contributed by atoms with Gasteiger partial charge < -0.3 is 9.72 Å². The summed E-state index contributed by atoms with van der Waals surface area (Å²) in [4.78, 5) is 16.2. The zero-order valence-corrected chi connectivity index (χ0v) is 10.7. The van der Waals surface area contributed by atoms with Gasteiger partial charge in [0, 0.05) is 24.0 Å². The number of carbonyl (C=O) groups excluding carboxylic acids is 1. The van der Waals surface area contributed by atoms with Crippen LogP contribution in [0.1, 0.15) is 38.3 Å². The molecule has 2 aromatic heterocycles. The number of pyridine rings is 1. The maximum atomic E-state index is 11.8. The van der Waals surface area contributed by atoms with Crippen LogP contribution in [-0.2, 0) is 4.79 Å². The Morgan fingerprint density at radius 1 is 1.50 bits per heavy atom. The smallest absolute Gasteiger partial charge is 0.227 e. The number of anilines is 1. The molecule has 0 unspecified atom stereocenters. The van der Waals surface area contributed by atoms with Gasteiger partial charge in [0.2, 0.25) is 5.91 Å². The van der Waals surface area contributed by atoms with Crippen molar-refractivity contribution in [2.24, 2.45) is 5.92 Å². The van der Waals surface area contributed by atoms with E-state index in [2.05, 4.69) is 24.1 Å². The van der Waals surface area contributed by atoms with Gasteiger partial charge in [0.05, 0.1) is 5.69 Å². The van der Waals surface area contributed by atoms with E-state index < -0.39 is 0 Å². The number of nitrogens with zero attached hydrogens (tertiary/aromatic N) is 2. The number of carbonyl (C=O) groups is 1. The maximum Gasteiger partial charge on any atom is 0.227 e. The quantitative estimate of drug-likeness (QED) is 0.901. The number of hydrogen-bond donors (Lipinski definition) is 1. The van der Waals surface area contributed by atoms with Crippen molar-refractivity contribution in [2.75, 3.05) is 5.32 Å². The van der Waals surface area contributed by atoms with Gasteiger partial charge in [0.25, 0.3) is 0 Å². The summed E-state index contributed by atoms with van der Waals surface area (Å²) < 4.78 is 2.05. The van der Waals surface area contributed by atoms with Gasteiger partial charge in [-0.3, -0.25) is 4.79 Å². The van der Waals surface area contributed by atoms with Crippen molar-refractivity contribution in [3.05, 3.63) is 30.2 Å². The minimum Gasteiger partial charge on any atom is -0.323 e. The maximum absolute atomic E-state index is 11.8. The van der Waals surface area contributed by atoms with Crippen molar-refractivity contribution in [3.63, 3.8) is 0 Å². The molecular weight excluding hydrogens is 226 g/mol. The molecule has 1 aliphatic rings. The summed E-state index contributed by atoms with van der Waals surface area (Å²) in [6, 6.07) is 3.86. The van der Waals surface area contributed by atoms with Crippen LogP contribution in [0.15, 0.2) is 24.5 Å². The van der Waals surface area contributed by atoms with E-state index >= 15 is 0 Å². The Kier molecular flexibility index (Phi) is 2.58. The number of aromatic nitrogens is 2. The summed E-state index contributed by atoms with van der Waals surface area (Å²) in [6.07, 6.45) is 5.90. The second-order valence-corrected chi connectivity index (χ2v) is 5.22. The molecule has 0 spiro atoms. The van der Waals surface area contributed by atoms with Crippen LogP contribution in [0.25, 0.3) is 5.65 Å². The highest BCUT2D eigenvalue weighted by molar-refractivity contribution is 5.97. The van der Waals surface area contributed by atoms with E-state index in [0.29, 0.717) is 5.92 Å². The normalized spacial score (nSPS) is 15.3. The van der Waals surface area contributed by atoms with E-state index in [-0.39, 0.29) is 11.8 Å². The molecule has 1 aliphatic carbocycles. The molecule has 2 heterocycles. The fourth-order valence-corrected chi connectivity index (χ4v) is 2.13. The molecule has 0 atom stereocenters. The summed E-state index contributed by atoms with van der Waals surface area (Å²) in [7, 11) is 0. The highest BCUT2D eigenvalue weighted by Gasteiger charge is 2.30. The number of rotatable bonds is 3. The van der Waals surface area contributed by atoms with Gasteiger partial charge in [0.1, 0.15) is 0 Å². The lowest BCUT2D eigenvalue weighted by atomic mass is 10.1. The third-order valence-electron chi connectivity index (χ3n) is 3.36. The Morgan fingerprint density at radius 2 is 2.28 bits per heavy atom. The Labute approximate surface area is 106 Å². The van der Waals surface area contributed by atoms with Crippen LogP contribution < -0.4 is 5.32 Å². The molecule has 4 heteroatoms. The zero-order chi connectivity index (χ0) is 12.7. The summed E-state index contributed by atoms with van der Waals surface area (Å²) >= 11 is 0. The molecule has 0 saturated heterocycles. The standard InChI is InChI=1S/C14H17N3O/c1-9(2)12-8-15-13-11(4-3-7-17(12)13)16-14(18)10-5-6-10/h3-4,7-10H,5-6H2,1-2H3,(H,16,18). The average Bonchev–Trinajstić information content (AvgIpc) is 3.09. The zero-order valence-electron chi connectivity index (χ0n) is 10.7. The first-order valence-electron chi connectivity index (χ1n) is 6.43. The Hall–Kier alpha value is -1.84. The van der Waals surface area contributed by atoms with Gasteiger partial charge in [-0.15, -0.1) is 0 Å². The minimum absolute atomic E-state index is 0.122. The molecule has 3 rings (SSSR count). The van der Waals surface area contributed by atoms with Gasteiger partial charge in [-0.2, -0.15) is 0 Å². The van der Waals surface area contributed by atoms with Gasteiger partial charge in [-0.25, -0.2) is 4.98 Å². The molecule has 0 radical (unpaired) electrons. The van der Waals surface area contributed by atoms with Crippen LogP contribution in [-0.4, -0.2) is 15.3 Å². The summed E-state index contributed by atoms with van der Waals surface area (Å²) in [5.41, 5.74) is 2.80. The SMILES string of the molecule is CC(C)c1cnc2c(NC(=O)C3CC3)cccn12.